The normalized spacial score (nSPS) is 26.0. The molecular formula is C21H26FN5O3S. The minimum absolute atomic E-state index is 0.0179. The Kier molecular flexibility index (Phi) is 5.80. The summed E-state index contributed by atoms with van der Waals surface area (Å²) in [6.45, 7) is 0.737. The maximum atomic E-state index is 13.2. The van der Waals surface area contributed by atoms with Crippen LogP contribution in [0.25, 0.3) is 11.4 Å². The van der Waals surface area contributed by atoms with Crippen molar-refractivity contribution >= 4 is 15.9 Å². The molecule has 2 saturated heterocycles. The van der Waals surface area contributed by atoms with Crippen LogP contribution in [0.3, 0.4) is 0 Å². The predicted octanol–water partition coefficient (Wildman–Crippen LogP) is 1.10. The topological polar surface area (TPSA) is 104 Å². The lowest BCUT2D eigenvalue weighted by Gasteiger charge is -2.36. The molecule has 2 fully saturated rings. The molecule has 10 heteroatoms. The van der Waals surface area contributed by atoms with Gasteiger partial charge in [-0.05, 0) is 43.9 Å². The van der Waals surface area contributed by atoms with Crippen molar-refractivity contribution in [1.29, 1.82) is 0 Å². The molecule has 1 aromatic carbocycles. The van der Waals surface area contributed by atoms with E-state index in [1.165, 1.54) is 0 Å². The number of likely N-dealkylation sites (N-methyl/N-ethyl adjacent to an activating group) is 1. The lowest BCUT2D eigenvalue weighted by molar-refractivity contribution is -0.131. The summed E-state index contributed by atoms with van der Waals surface area (Å²) in [5, 5.41) is 2.79. The maximum absolute atomic E-state index is 13.2. The highest BCUT2D eigenvalue weighted by atomic mass is 32.2. The second-order valence-corrected chi connectivity index (χ2v) is 10.1. The van der Waals surface area contributed by atoms with E-state index in [-0.39, 0.29) is 18.0 Å². The molecule has 0 spiro atoms. The average molecular weight is 448 g/mol. The Balaban J connectivity index is 1.69. The number of amides is 1. The van der Waals surface area contributed by atoms with Gasteiger partial charge in [0.2, 0.25) is 15.9 Å². The Morgan fingerprint density at radius 1 is 1.32 bits per heavy atom. The summed E-state index contributed by atoms with van der Waals surface area (Å²) in [4.78, 5) is 23.4. The first-order valence-corrected chi connectivity index (χ1v) is 12.1. The van der Waals surface area contributed by atoms with E-state index in [0.29, 0.717) is 18.7 Å². The van der Waals surface area contributed by atoms with Crippen molar-refractivity contribution in [3.63, 3.8) is 0 Å². The number of hydrogen-bond acceptors (Lipinski definition) is 6. The van der Waals surface area contributed by atoms with Gasteiger partial charge in [-0.1, -0.05) is 18.2 Å². The Bertz CT molecular complexity index is 1080. The Hall–Kier alpha value is -2.43. The summed E-state index contributed by atoms with van der Waals surface area (Å²) < 4.78 is 39.8. The molecule has 0 aliphatic carbocycles. The Morgan fingerprint density at radius 3 is 2.74 bits per heavy atom. The Labute approximate surface area is 181 Å². The molecule has 2 N–H and O–H groups in total. The second kappa shape index (κ2) is 8.25. The number of carbonyl (C=O) groups is 1. The standard InChI is InChI=1S/C21H26FN5O3S/c1-23-20(28)21(11-17(26-31(2,29)30)18-7-4-8-27(18)21)10-14-5-3-6-15(9-14)19-24-12-16(22)13-25-19/h3,5-6,9,12-13,17-18,26H,4,7-8,10-11H2,1-2H3,(H,23,28)/t17-,18+,21+/m1/s1. The summed E-state index contributed by atoms with van der Waals surface area (Å²) in [6.07, 6.45) is 5.95. The van der Waals surface area contributed by atoms with Crippen molar-refractivity contribution in [2.24, 2.45) is 0 Å². The fourth-order valence-electron chi connectivity index (χ4n) is 5.08. The van der Waals surface area contributed by atoms with Crippen LogP contribution in [-0.4, -0.2) is 66.7 Å². The minimum atomic E-state index is -3.40. The number of halogens is 1. The first-order chi connectivity index (χ1) is 14.7. The molecule has 8 nitrogen and oxygen atoms in total. The highest BCUT2D eigenvalue weighted by Crippen LogP contribution is 2.43. The lowest BCUT2D eigenvalue weighted by Crippen LogP contribution is -2.56. The van der Waals surface area contributed by atoms with Crippen molar-refractivity contribution in [1.82, 2.24) is 24.9 Å². The number of rotatable bonds is 6. The molecule has 31 heavy (non-hydrogen) atoms. The van der Waals surface area contributed by atoms with Crippen LogP contribution in [0.15, 0.2) is 36.7 Å². The number of hydrogen-bond donors (Lipinski definition) is 2. The van der Waals surface area contributed by atoms with Gasteiger partial charge in [-0.25, -0.2) is 27.5 Å². The monoisotopic (exact) mass is 447 g/mol. The zero-order valence-corrected chi connectivity index (χ0v) is 18.3. The van der Waals surface area contributed by atoms with Crippen LogP contribution in [0.1, 0.15) is 24.8 Å². The molecule has 0 unspecified atom stereocenters. The third kappa shape index (κ3) is 4.32. The molecule has 0 bridgehead atoms. The van der Waals surface area contributed by atoms with Crippen LogP contribution >= 0.6 is 0 Å². The highest BCUT2D eigenvalue weighted by Gasteiger charge is 2.57. The number of nitrogens with zero attached hydrogens (tertiary/aromatic N) is 3. The van der Waals surface area contributed by atoms with E-state index in [1.54, 1.807) is 7.05 Å². The number of nitrogens with one attached hydrogen (secondary N) is 2. The quantitative estimate of drug-likeness (QED) is 0.687. The van der Waals surface area contributed by atoms with Gasteiger partial charge in [-0.3, -0.25) is 9.69 Å². The van der Waals surface area contributed by atoms with Gasteiger partial charge in [0.25, 0.3) is 0 Å². The fourth-order valence-corrected chi connectivity index (χ4v) is 5.87. The highest BCUT2D eigenvalue weighted by molar-refractivity contribution is 7.88. The molecule has 0 saturated carbocycles. The molecule has 166 valence electrons. The van der Waals surface area contributed by atoms with Crippen LogP contribution < -0.4 is 10.0 Å². The number of sulfonamides is 1. The summed E-state index contributed by atoms with van der Waals surface area (Å²) in [5.74, 6) is -0.228. The Morgan fingerprint density at radius 2 is 2.06 bits per heavy atom. The van der Waals surface area contributed by atoms with Crippen LogP contribution in [-0.2, 0) is 21.2 Å². The molecule has 1 aromatic heterocycles. The van der Waals surface area contributed by atoms with Crippen LogP contribution in [0, 0.1) is 5.82 Å². The van der Waals surface area contributed by atoms with Crippen molar-refractivity contribution < 1.29 is 17.6 Å². The van der Waals surface area contributed by atoms with Crippen LogP contribution in [0.2, 0.25) is 0 Å². The predicted molar refractivity (Wildman–Crippen MR) is 114 cm³/mol. The van der Waals surface area contributed by atoms with Gasteiger partial charge in [-0.15, -0.1) is 0 Å². The molecule has 3 heterocycles. The number of aromatic nitrogens is 2. The van der Waals surface area contributed by atoms with Crippen LogP contribution in [0.4, 0.5) is 4.39 Å². The first-order valence-electron chi connectivity index (χ1n) is 10.2. The van der Waals surface area contributed by atoms with Crippen molar-refractivity contribution in [2.75, 3.05) is 19.8 Å². The number of carbonyl (C=O) groups excluding carboxylic acids is 1. The molecule has 3 atom stereocenters. The lowest BCUT2D eigenvalue weighted by atomic mass is 9.85. The van der Waals surface area contributed by atoms with Gasteiger partial charge in [0.1, 0.15) is 5.54 Å². The van der Waals surface area contributed by atoms with E-state index in [2.05, 4.69) is 24.9 Å². The van der Waals surface area contributed by atoms with Gasteiger partial charge < -0.3 is 5.32 Å². The fraction of sp³-hybridized carbons (Fsp3) is 0.476. The van der Waals surface area contributed by atoms with Gasteiger partial charge in [-0.2, -0.15) is 0 Å². The summed E-state index contributed by atoms with van der Waals surface area (Å²) >= 11 is 0. The van der Waals surface area contributed by atoms with Crippen molar-refractivity contribution in [2.45, 2.75) is 43.3 Å². The molecule has 2 aliphatic heterocycles. The zero-order chi connectivity index (χ0) is 22.2. The van der Waals surface area contributed by atoms with E-state index >= 15 is 0 Å². The summed E-state index contributed by atoms with van der Waals surface area (Å²) in [5.41, 5.74) is 0.770. The van der Waals surface area contributed by atoms with Crippen molar-refractivity contribution in [3.05, 3.63) is 48.0 Å². The minimum Gasteiger partial charge on any atom is -0.358 e. The van der Waals surface area contributed by atoms with Gasteiger partial charge >= 0.3 is 0 Å². The van der Waals surface area contributed by atoms with Gasteiger partial charge in [0, 0.05) is 24.7 Å². The molecule has 2 aromatic rings. The van der Waals surface area contributed by atoms with Crippen LogP contribution in [0.5, 0.6) is 0 Å². The van der Waals surface area contributed by atoms with Crippen molar-refractivity contribution in [3.8, 4) is 11.4 Å². The third-order valence-corrected chi connectivity index (χ3v) is 6.92. The molecule has 0 radical (unpaired) electrons. The van der Waals surface area contributed by atoms with Gasteiger partial charge in [0.05, 0.1) is 18.6 Å². The maximum Gasteiger partial charge on any atom is 0.240 e. The summed E-state index contributed by atoms with van der Waals surface area (Å²) in [7, 11) is -1.80. The molecule has 1 amide bonds. The summed E-state index contributed by atoms with van der Waals surface area (Å²) in [6, 6.07) is 7.19. The zero-order valence-electron chi connectivity index (χ0n) is 17.5. The third-order valence-electron chi connectivity index (χ3n) is 6.19. The van der Waals surface area contributed by atoms with E-state index < -0.39 is 21.4 Å². The first kappa shape index (κ1) is 21.8. The second-order valence-electron chi connectivity index (χ2n) is 8.32. The average Bonchev–Trinajstić information content (AvgIpc) is 3.31. The number of fused-ring (bicyclic) bond motifs is 1. The molecule has 2 aliphatic rings. The van der Waals surface area contributed by atoms with E-state index in [1.807, 2.05) is 24.3 Å². The van der Waals surface area contributed by atoms with Gasteiger partial charge in [0.15, 0.2) is 11.6 Å². The smallest absolute Gasteiger partial charge is 0.240 e. The largest absolute Gasteiger partial charge is 0.358 e. The molecular weight excluding hydrogens is 421 g/mol. The van der Waals surface area contributed by atoms with E-state index in [0.717, 1.165) is 49.2 Å². The SMILES string of the molecule is CNC(=O)[C@]1(Cc2cccc(-c3ncc(F)cn3)c2)C[C@@H](NS(C)(=O)=O)[C@@H]2CCCN21. The van der Waals surface area contributed by atoms with E-state index in [9.17, 15) is 17.6 Å². The molecule has 4 rings (SSSR count). The van der Waals surface area contributed by atoms with E-state index in [4.69, 9.17) is 0 Å². The number of benzene rings is 1.